The molecule has 0 amide bonds. The van der Waals surface area contributed by atoms with Gasteiger partial charge in [0.15, 0.2) is 0 Å². The van der Waals surface area contributed by atoms with E-state index in [2.05, 4.69) is 14.8 Å². The highest BCUT2D eigenvalue weighted by Gasteiger charge is 2.29. The Morgan fingerprint density at radius 3 is 2.73 bits per heavy atom. The van der Waals surface area contributed by atoms with Gasteiger partial charge in [0.25, 0.3) is 10.0 Å². The fraction of sp³-hybridized carbons (Fsp3) is 0.467. The quantitative estimate of drug-likeness (QED) is 0.683. The number of hydrogen-bond acceptors (Lipinski definition) is 4. The van der Waals surface area contributed by atoms with Gasteiger partial charge in [-0.1, -0.05) is 26.0 Å². The van der Waals surface area contributed by atoms with Crippen molar-refractivity contribution in [2.45, 2.75) is 32.6 Å². The average Bonchev–Trinajstić information content (AvgIpc) is 2.78. The number of nitrogens with zero attached hydrogens (tertiary/aromatic N) is 3. The van der Waals surface area contributed by atoms with Gasteiger partial charge in [0.1, 0.15) is 0 Å². The van der Waals surface area contributed by atoms with Crippen molar-refractivity contribution in [3.8, 4) is 0 Å². The number of nitrogens with one attached hydrogen (secondary N) is 1. The molecule has 0 radical (unpaired) electrons. The normalized spacial score (nSPS) is 17.8. The van der Waals surface area contributed by atoms with Crippen molar-refractivity contribution < 1.29 is 8.42 Å². The summed E-state index contributed by atoms with van der Waals surface area (Å²) in [5.41, 5.74) is 0.778. The number of hydrogen-bond donors (Lipinski definition) is 1. The molecule has 0 fully saturated rings. The lowest BCUT2D eigenvalue weighted by atomic mass is 9.97. The van der Waals surface area contributed by atoms with Crippen LogP contribution >= 0.6 is 0 Å². The zero-order valence-electron chi connectivity index (χ0n) is 13.4. The van der Waals surface area contributed by atoms with E-state index in [-0.39, 0.29) is 16.3 Å². The molecule has 0 aromatic heterocycles. The molecule has 6 nitrogen and oxygen atoms in total. The summed E-state index contributed by atoms with van der Waals surface area (Å²) in [6.07, 6.45) is 1.80. The first kappa shape index (κ1) is 16.5. The van der Waals surface area contributed by atoms with Gasteiger partial charge in [0.2, 0.25) is 5.96 Å². The van der Waals surface area contributed by atoms with Crippen molar-refractivity contribution in [1.29, 1.82) is 0 Å². The summed E-state index contributed by atoms with van der Waals surface area (Å²) >= 11 is 0. The maximum atomic E-state index is 12.5. The Labute approximate surface area is 132 Å². The maximum Gasteiger partial charge on any atom is 0.264 e. The lowest BCUT2D eigenvalue weighted by Crippen LogP contribution is -2.42. The summed E-state index contributed by atoms with van der Waals surface area (Å²) < 4.78 is 27.6. The molecule has 1 aromatic rings. The van der Waals surface area contributed by atoms with Crippen LogP contribution in [0.5, 0.6) is 0 Å². The van der Waals surface area contributed by atoms with Crippen LogP contribution in [-0.4, -0.2) is 38.7 Å². The second-order valence-corrected chi connectivity index (χ2v) is 7.69. The van der Waals surface area contributed by atoms with Gasteiger partial charge in [0.05, 0.1) is 11.4 Å². The van der Waals surface area contributed by atoms with Gasteiger partial charge in [-0.25, -0.2) is 18.1 Å². The molecule has 0 unspecified atom stereocenters. The third-order valence-corrected chi connectivity index (χ3v) is 4.51. The molecular weight excluding hydrogens is 300 g/mol. The van der Waals surface area contributed by atoms with E-state index in [9.17, 15) is 8.42 Å². The molecule has 0 saturated carbocycles. The van der Waals surface area contributed by atoms with Crippen molar-refractivity contribution >= 4 is 22.2 Å². The van der Waals surface area contributed by atoms with E-state index in [1.807, 2.05) is 33.8 Å². The Bertz CT molecular complexity index is 708. The molecule has 120 valence electrons. The van der Waals surface area contributed by atoms with E-state index in [0.717, 1.165) is 5.56 Å². The first-order valence-electron chi connectivity index (χ1n) is 7.20. The Morgan fingerprint density at radius 1 is 1.45 bits per heavy atom. The van der Waals surface area contributed by atoms with Gasteiger partial charge in [-0.05, 0) is 31.5 Å². The van der Waals surface area contributed by atoms with E-state index in [0.29, 0.717) is 13.1 Å². The fourth-order valence-corrected chi connectivity index (χ4v) is 3.23. The Balaban J connectivity index is 2.25. The van der Waals surface area contributed by atoms with Crippen LogP contribution in [0.1, 0.15) is 26.3 Å². The summed E-state index contributed by atoms with van der Waals surface area (Å²) in [6.45, 7) is 8.84. The molecule has 2 rings (SSSR count). The molecule has 1 aromatic carbocycles. The van der Waals surface area contributed by atoms with Gasteiger partial charge in [0, 0.05) is 18.2 Å². The van der Waals surface area contributed by atoms with Crippen molar-refractivity contribution in [1.82, 2.24) is 9.73 Å². The van der Waals surface area contributed by atoms with Gasteiger partial charge in [-0.3, -0.25) is 4.99 Å². The third-order valence-electron chi connectivity index (χ3n) is 3.18. The van der Waals surface area contributed by atoms with Crippen molar-refractivity contribution in [3.63, 3.8) is 0 Å². The first-order valence-corrected chi connectivity index (χ1v) is 8.68. The predicted octanol–water partition coefficient (Wildman–Crippen LogP) is 1.98. The molecule has 1 heterocycles. The summed E-state index contributed by atoms with van der Waals surface area (Å²) in [4.78, 5) is 4.46. The smallest absolute Gasteiger partial charge is 0.251 e. The van der Waals surface area contributed by atoms with E-state index in [4.69, 9.17) is 0 Å². The molecule has 0 bridgehead atoms. The molecule has 0 aliphatic carbocycles. The highest BCUT2D eigenvalue weighted by Crippen LogP contribution is 2.21. The van der Waals surface area contributed by atoms with Gasteiger partial charge in [-0.2, -0.15) is 5.10 Å². The van der Waals surface area contributed by atoms with Crippen LogP contribution in [0.4, 0.5) is 0 Å². The van der Waals surface area contributed by atoms with Crippen LogP contribution in [0.15, 0.2) is 39.3 Å². The van der Waals surface area contributed by atoms with E-state index in [1.54, 1.807) is 29.4 Å². The third kappa shape index (κ3) is 3.85. The highest BCUT2D eigenvalue weighted by molar-refractivity contribution is 7.90. The van der Waals surface area contributed by atoms with Crippen LogP contribution in [0, 0.1) is 12.3 Å². The van der Waals surface area contributed by atoms with Gasteiger partial charge >= 0.3 is 0 Å². The van der Waals surface area contributed by atoms with Crippen LogP contribution in [-0.2, 0) is 10.0 Å². The van der Waals surface area contributed by atoms with E-state index < -0.39 is 10.0 Å². The molecule has 0 spiro atoms. The molecule has 7 heteroatoms. The second kappa shape index (κ2) is 6.08. The molecular formula is C15H22N4O2S. The summed E-state index contributed by atoms with van der Waals surface area (Å²) in [6, 6.07) is 6.77. The minimum Gasteiger partial charge on any atom is -0.251 e. The molecule has 1 aliphatic rings. The first-order chi connectivity index (χ1) is 10.2. The van der Waals surface area contributed by atoms with Crippen molar-refractivity contribution in [2.75, 3.05) is 13.1 Å². The number of benzene rings is 1. The zero-order chi connectivity index (χ0) is 16.4. The number of sulfonamides is 1. The number of hydrazone groups is 1. The largest absolute Gasteiger partial charge is 0.264 e. The SMILES string of the molecule is CCN=C(NS(=O)(=O)c1cccc(C)c1)N1CC(C)(C)C=N1. The van der Waals surface area contributed by atoms with Crippen LogP contribution in [0.25, 0.3) is 0 Å². The van der Waals surface area contributed by atoms with Gasteiger partial charge < -0.3 is 0 Å². The second-order valence-electron chi connectivity index (χ2n) is 6.01. The van der Waals surface area contributed by atoms with Crippen LogP contribution < -0.4 is 4.72 Å². The zero-order valence-corrected chi connectivity index (χ0v) is 14.2. The van der Waals surface area contributed by atoms with Crippen molar-refractivity contribution in [3.05, 3.63) is 29.8 Å². The molecule has 0 atom stereocenters. The van der Waals surface area contributed by atoms with E-state index >= 15 is 0 Å². The topological polar surface area (TPSA) is 74.1 Å². The highest BCUT2D eigenvalue weighted by atomic mass is 32.2. The summed E-state index contributed by atoms with van der Waals surface area (Å²) in [5, 5.41) is 5.85. The maximum absolute atomic E-state index is 12.5. The molecule has 22 heavy (non-hydrogen) atoms. The number of guanidine groups is 1. The number of aryl methyl sites for hydroxylation is 1. The van der Waals surface area contributed by atoms with Crippen LogP contribution in [0.3, 0.4) is 0 Å². The molecule has 0 saturated heterocycles. The Hall–Kier alpha value is -1.89. The standard InChI is InChI=1S/C15H22N4O2S/c1-5-16-14(19-11-15(3,4)10-17-19)18-22(20,21)13-8-6-7-12(2)9-13/h6-10H,5,11H2,1-4H3,(H,16,18). The summed E-state index contributed by atoms with van der Waals surface area (Å²) in [5.74, 6) is 0.255. The molecule has 1 aliphatic heterocycles. The minimum absolute atomic E-state index is 0.108. The lowest BCUT2D eigenvalue weighted by molar-refractivity contribution is 0.379. The average molecular weight is 322 g/mol. The summed E-state index contributed by atoms with van der Waals surface area (Å²) in [7, 11) is -3.68. The van der Waals surface area contributed by atoms with Crippen molar-refractivity contribution in [2.24, 2.45) is 15.5 Å². The number of aliphatic imine (C=N–C) groups is 1. The number of rotatable bonds is 3. The fourth-order valence-electron chi connectivity index (χ4n) is 2.10. The van der Waals surface area contributed by atoms with E-state index in [1.165, 1.54) is 0 Å². The monoisotopic (exact) mass is 322 g/mol. The Morgan fingerprint density at radius 2 is 2.18 bits per heavy atom. The predicted molar refractivity (Wildman–Crippen MR) is 88.5 cm³/mol. The lowest BCUT2D eigenvalue weighted by Gasteiger charge is -2.21. The minimum atomic E-state index is -3.68. The molecule has 1 N–H and O–H groups in total. The van der Waals surface area contributed by atoms with Gasteiger partial charge in [-0.15, -0.1) is 0 Å². The Kier molecular flexibility index (Phi) is 4.55. The van der Waals surface area contributed by atoms with Crippen LogP contribution in [0.2, 0.25) is 0 Å².